The van der Waals surface area contributed by atoms with E-state index in [0.29, 0.717) is 0 Å². The van der Waals surface area contributed by atoms with Crippen molar-refractivity contribution in [2.24, 2.45) is 0 Å². The van der Waals surface area contributed by atoms with Gasteiger partial charge in [-0.05, 0) is 161 Å². The van der Waals surface area contributed by atoms with Gasteiger partial charge in [-0.3, -0.25) is 0 Å². The fraction of sp³-hybridized carbons (Fsp3) is 0.0137. The number of hydrogen-bond acceptors (Lipinski definition) is 1. The van der Waals surface area contributed by atoms with E-state index >= 15 is 0 Å². The lowest BCUT2D eigenvalue weighted by Gasteiger charge is -2.35. The molecule has 15 rings (SSSR count). The molecule has 0 spiro atoms. The Morgan fingerprint density at radius 2 is 0.693 bits per heavy atom. The predicted octanol–water partition coefficient (Wildman–Crippen LogP) is 19.4. The fourth-order valence-corrected chi connectivity index (χ4v) is 12.7. The number of anilines is 3. The minimum absolute atomic E-state index is 0.494. The van der Waals surface area contributed by atoms with E-state index in [0.717, 1.165) is 22.7 Å². The third-order valence-electron chi connectivity index (χ3n) is 16.0. The molecule has 0 bridgehead atoms. The first kappa shape index (κ1) is 42.9. The molecule has 350 valence electrons. The zero-order chi connectivity index (χ0) is 49.5. The van der Waals surface area contributed by atoms with Crippen molar-refractivity contribution in [3.63, 3.8) is 0 Å². The van der Waals surface area contributed by atoms with Crippen LogP contribution in [0, 0.1) is 0 Å². The van der Waals surface area contributed by atoms with Gasteiger partial charge in [0.1, 0.15) is 0 Å². The summed E-state index contributed by atoms with van der Waals surface area (Å²) in [6.45, 7) is 0. The highest BCUT2D eigenvalue weighted by molar-refractivity contribution is 6.25. The van der Waals surface area contributed by atoms with Crippen LogP contribution in [-0.2, 0) is 5.41 Å². The Hall–Kier alpha value is -9.76. The number of para-hydroxylation sites is 2. The summed E-state index contributed by atoms with van der Waals surface area (Å²) in [6, 6.07) is 107. The van der Waals surface area contributed by atoms with Crippen molar-refractivity contribution in [3.8, 4) is 39.1 Å². The van der Waals surface area contributed by atoms with Crippen molar-refractivity contribution < 1.29 is 0 Å². The maximum Gasteiger partial charge on any atom is 0.0714 e. The molecule has 0 N–H and O–H groups in total. The van der Waals surface area contributed by atoms with Crippen LogP contribution in [0.15, 0.2) is 291 Å². The van der Waals surface area contributed by atoms with Crippen LogP contribution in [0.5, 0.6) is 0 Å². The molecule has 0 radical (unpaired) electrons. The number of fused-ring (bicyclic) bond motifs is 12. The van der Waals surface area contributed by atoms with Gasteiger partial charge in [0, 0.05) is 33.5 Å². The molecule has 0 saturated carbocycles. The number of nitrogens with zero attached hydrogens (tertiary/aromatic N) is 2. The molecule has 0 unspecified atom stereocenters. The Balaban J connectivity index is 0.796. The zero-order valence-electron chi connectivity index (χ0n) is 41.1. The first-order valence-electron chi connectivity index (χ1n) is 26.0. The molecule has 0 saturated heterocycles. The van der Waals surface area contributed by atoms with Crippen molar-refractivity contribution in [1.82, 2.24) is 4.57 Å². The molecule has 14 aromatic rings. The summed E-state index contributed by atoms with van der Waals surface area (Å²) >= 11 is 0. The lowest BCUT2D eigenvalue weighted by Crippen LogP contribution is -2.28. The van der Waals surface area contributed by atoms with Crippen LogP contribution in [0.25, 0.3) is 93.2 Å². The quantitative estimate of drug-likeness (QED) is 0.138. The first-order valence-corrected chi connectivity index (χ1v) is 26.0. The van der Waals surface area contributed by atoms with Gasteiger partial charge in [0.15, 0.2) is 0 Å². The van der Waals surface area contributed by atoms with E-state index in [-0.39, 0.29) is 0 Å². The van der Waals surface area contributed by atoms with E-state index in [9.17, 15) is 0 Å². The number of hydrogen-bond donors (Lipinski definition) is 0. The van der Waals surface area contributed by atoms with E-state index < -0.39 is 5.41 Å². The monoisotopic (exact) mass is 952 g/mol. The summed E-state index contributed by atoms with van der Waals surface area (Å²) in [4.78, 5) is 2.40. The predicted molar refractivity (Wildman–Crippen MR) is 316 cm³/mol. The van der Waals surface area contributed by atoms with Crippen molar-refractivity contribution in [2.75, 3.05) is 4.90 Å². The Morgan fingerprint density at radius 3 is 1.35 bits per heavy atom. The Kier molecular flexibility index (Phi) is 9.83. The minimum Gasteiger partial charge on any atom is -0.310 e. The van der Waals surface area contributed by atoms with Crippen LogP contribution in [0.4, 0.5) is 17.1 Å². The van der Waals surface area contributed by atoms with Crippen LogP contribution >= 0.6 is 0 Å². The molecule has 2 nitrogen and oxygen atoms in total. The summed E-state index contributed by atoms with van der Waals surface area (Å²) in [7, 11) is 0. The molecule has 1 aromatic heterocycles. The second-order valence-electron chi connectivity index (χ2n) is 20.0. The summed E-state index contributed by atoms with van der Waals surface area (Å²) in [5.74, 6) is 0. The minimum atomic E-state index is -0.494. The van der Waals surface area contributed by atoms with Gasteiger partial charge in [-0.25, -0.2) is 0 Å². The Labute approximate surface area is 436 Å². The van der Waals surface area contributed by atoms with Gasteiger partial charge in [-0.15, -0.1) is 0 Å². The van der Waals surface area contributed by atoms with E-state index in [2.05, 4.69) is 301 Å². The van der Waals surface area contributed by atoms with E-state index in [1.165, 1.54) is 110 Å². The molecule has 1 aliphatic carbocycles. The maximum atomic E-state index is 2.44. The topological polar surface area (TPSA) is 8.17 Å². The van der Waals surface area contributed by atoms with Gasteiger partial charge in [-0.2, -0.15) is 0 Å². The van der Waals surface area contributed by atoms with E-state index in [1.54, 1.807) is 0 Å². The highest BCUT2D eigenvalue weighted by Gasteiger charge is 2.46. The second kappa shape index (κ2) is 17.2. The van der Waals surface area contributed by atoms with Crippen LogP contribution in [0.3, 0.4) is 0 Å². The summed E-state index contributed by atoms with van der Waals surface area (Å²) in [6.07, 6.45) is 0. The van der Waals surface area contributed by atoms with Crippen LogP contribution in [0.1, 0.15) is 22.3 Å². The summed E-state index contributed by atoms with van der Waals surface area (Å²) < 4.78 is 2.42. The lowest BCUT2D eigenvalue weighted by molar-refractivity contribution is 0.768. The van der Waals surface area contributed by atoms with Gasteiger partial charge in [0.2, 0.25) is 0 Å². The van der Waals surface area contributed by atoms with E-state index in [4.69, 9.17) is 0 Å². The van der Waals surface area contributed by atoms with Gasteiger partial charge in [0.25, 0.3) is 0 Å². The molecule has 75 heavy (non-hydrogen) atoms. The number of aromatic nitrogens is 1. The van der Waals surface area contributed by atoms with Crippen LogP contribution in [0.2, 0.25) is 0 Å². The van der Waals surface area contributed by atoms with Gasteiger partial charge in [-0.1, -0.05) is 218 Å². The molecular weight excluding hydrogens is 905 g/mol. The normalized spacial score (nSPS) is 12.6. The molecule has 0 atom stereocenters. The van der Waals surface area contributed by atoms with Gasteiger partial charge >= 0.3 is 0 Å². The molecule has 1 aliphatic rings. The van der Waals surface area contributed by atoms with Gasteiger partial charge < -0.3 is 9.47 Å². The highest BCUT2D eigenvalue weighted by Crippen LogP contribution is 2.57. The summed E-state index contributed by atoms with van der Waals surface area (Å²) in [5.41, 5.74) is 18.7. The van der Waals surface area contributed by atoms with Gasteiger partial charge in [0.05, 0.1) is 16.4 Å². The fourth-order valence-electron chi connectivity index (χ4n) is 12.7. The van der Waals surface area contributed by atoms with Crippen LogP contribution in [-0.4, -0.2) is 4.57 Å². The molecule has 0 fully saturated rings. The van der Waals surface area contributed by atoms with Crippen molar-refractivity contribution in [2.45, 2.75) is 5.41 Å². The standard InChI is InChI=1S/C73H48N2/c1-4-18-53(19-5-1)73(54-20-6-2-7-21-54)69-30-16-14-28-64(69)65-44-42-58(48-70(65)73)74(55-22-8-3-9-23-55)56-38-32-50(33-39-56)52-37-45-72-68(47-52)66-29-15-17-31-71(66)75(72)57-40-34-49(35-41-57)51-36-43-63-61-26-11-10-24-59(61)60-25-12-13-27-62(60)67(63)46-51/h1-48H. The second-order valence-corrected chi connectivity index (χ2v) is 20.0. The van der Waals surface area contributed by atoms with Crippen LogP contribution < -0.4 is 4.90 Å². The Bertz CT molecular complexity index is 4420. The summed E-state index contributed by atoms with van der Waals surface area (Å²) in [5, 5.41) is 10.2. The number of benzene rings is 13. The first-order chi connectivity index (χ1) is 37.2. The maximum absolute atomic E-state index is 2.44. The third kappa shape index (κ3) is 6.66. The average Bonchev–Trinajstić information content (AvgIpc) is 4.00. The zero-order valence-corrected chi connectivity index (χ0v) is 41.1. The average molecular weight is 953 g/mol. The van der Waals surface area contributed by atoms with Crippen molar-refractivity contribution >= 4 is 71.2 Å². The number of rotatable bonds is 8. The molecule has 13 aromatic carbocycles. The van der Waals surface area contributed by atoms with Crippen molar-refractivity contribution in [1.29, 1.82) is 0 Å². The third-order valence-corrected chi connectivity index (χ3v) is 16.0. The SMILES string of the molecule is c1ccc(N(c2ccc(-c3ccc4c(c3)c3ccccc3n4-c3ccc(-c4ccc5c6ccccc6c6ccccc6c5c4)cc3)cc2)c2ccc3c(c2)C(c2ccccc2)(c2ccccc2)c2ccccc2-3)cc1. The molecule has 0 aliphatic heterocycles. The molecule has 0 amide bonds. The highest BCUT2D eigenvalue weighted by atomic mass is 15.1. The van der Waals surface area contributed by atoms with E-state index in [1.807, 2.05) is 0 Å². The molecule has 1 heterocycles. The smallest absolute Gasteiger partial charge is 0.0714 e. The molecule has 2 heteroatoms. The van der Waals surface area contributed by atoms with Crippen molar-refractivity contribution in [3.05, 3.63) is 313 Å². The molecular formula is C73H48N2. The largest absolute Gasteiger partial charge is 0.310 e. The Morgan fingerprint density at radius 1 is 0.253 bits per heavy atom. The lowest BCUT2D eigenvalue weighted by atomic mass is 9.67.